The van der Waals surface area contributed by atoms with Gasteiger partial charge in [0, 0.05) is 0 Å². The molecular weight excluding hydrogens is 185 g/mol. The molecule has 0 N–H and O–H groups in total. The van der Waals surface area contributed by atoms with Crippen molar-refractivity contribution < 1.29 is 17.3 Å². The zero-order valence-electron chi connectivity index (χ0n) is 5.91. The second kappa shape index (κ2) is 15.8. The summed E-state index contributed by atoms with van der Waals surface area (Å²) in [4.78, 5) is 0. The van der Waals surface area contributed by atoms with E-state index in [4.69, 9.17) is 16.1 Å². The average Bonchev–Trinajstić information content (AvgIpc) is 1.94. The van der Waals surface area contributed by atoms with Crippen LogP contribution in [-0.4, -0.2) is 0 Å². The Morgan fingerprint density at radius 2 is 2.00 bits per heavy atom. The second-order valence-corrected chi connectivity index (χ2v) is 1.63. The van der Waals surface area contributed by atoms with Crippen molar-refractivity contribution in [3.05, 3.63) is 6.42 Å². The van der Waals surface area contributed by atoms with Gasteiger partial charge in [0.05, 0.1) is 0 Å². The van der Waals surface area contributed by atoms with E-state index in [-0.39, 0.29) is 0 Å². The molecule has 0 fully saturated rings. The Labute approximate surface area is 72.1 Å². The maximum absolute atomic E-state index is 6.53. The van der Waals surface area contributed by atoms with Crippen molar-refractivity contribution in [2.24, 2.45) is 0 Å². The normalized spacial score (nSPS) is 7.00. The number of unbranched alkanes of at least 4 members (excludes halogenated alkanes) is 3. The first-order valence-electron chi connectivity index (χ1n) is 3.08. The average molecular weight is 196 g/mol. The van der Waals surface area contributed by atoms with Crippen LogP contribution < -0.4 is 0 Å². The van der Waals surface area contributed by atoms with E-state index in [9.17, 15) is 0 Å². The van der Waals surface area contributed by atoms with E-state index in [1.165, 1.54) is 12.8 Å². The van der Waals surface area contributed by atoms with Crippen LogP contribution in [0.2, 0.25) is 0 Å². The molecule has 0 aliphatic heterocycles. The molecule has 0 bridgehead atoms. The molecule has 48 valence electrons. The van der Waals surface area contributed by atoms with Gasteiger partial charge in [0.15, 0.2) is 0 Å². The van der Waals surface area contributed by atoms with E-state index >= 15 is 0 Å². The molecule has 0 rings (SSSR count). The molecular formula is C7H11ClZn. The molecule has 0 aromatic heterocycles. The van der Waals surface area contributed by atoms with Crippen molar-refractivity contribution >= 4 is 9.69 Å². The summed E-state index contributed by atoms with van der Waals surface area (Å²) in [5.74, 6) is 2.35. The number of rotatable bonds is 3. The summed E-state index contributed by atoms with van der Waals surface area (Å²) >= 11 is 0.847. The summed E-state index contributed by atoms with van der Waals surface area (Å²) in [6.45, 7) is 2.16. The minimum absolute atomic E-state index is 0.841. The third-order valence-corrected chi connectivity index (χ3v) is 0.905. The Morgan fingerprint density at radius 1 is 1.44 bits per heavy atom. The third-order valence-electron chi connectivity index (χ3n) is 0.905. The van der Waals surface area contributed by atoms with Crippen LogP contribution in [0.4, 0.5) is 0 Å². The van der Waals surface area contributed by atoms with Gasteiger partial charge in [-0.15, -0.1) is 0 Å². The van der Waals surface area contributed by atoms with Crippen LogP contribution in [0, 0.1) is 12.3 Å². The maximum atomic E-state index is 6.53. The molecule has 0 aliphatic rings. The Balaban J connectivity index is 0. The van der Waals surface area contributed by atoms with E-state index < -0.39 is 0 Å². The summed E-state index contributed by atoms with van der Waals surface area (Å²) in [5.41, 5.74) is 0. The Hall–Kier alpha value is 0.473. The fourth-order valence-electron chi connectivity index (χ4n) is 0.463. The van der Waals surface area contributed by atoms with E-state index in [0.717, 1.165) is 30.2 Å². The zero-order chi connectivity index (χ0) is 7.54. The molecule has 0 atom stereocenters. The molecule has 9 heavy (non-hydrogen) atoms. The van der Waals surface area contributed by atoms with Crippen molar-refractivity contribution in [3.63, 3.8) is 0 Å². The van der Waals surface area contributed by atoms with Crippen LogP contribution >= 0.6 is 9.69 Å². The van der Waals surface area contributed by atoms with Gasteiger partial charge in [0.2, 0.25) is 0 Å². The topological polar surface area (TPSA) is 0 Å². The van der Waals surface area contributed by atoms with Crippen molar-refractivity contribution in [2.75, 3.05) is 0 Å². The molecule has 0 aromatic carbocycles. The zero-order valence-corrected chi connectivity index (χ0v) is 9.64. The fourth-order valence-corrected chi connectivity index (χ4v) is 0.463. The van der Waals surface area contributed by atoms with Crippen LogP contribution in [-0.2, 0) is 17.3 Å². The summed E-state index contributed by atoms with van der Waals surface area (Å²) in [6, 6.07) is 0. The van der Waals surface area contributed by atoms with Gasteiger partial charge in [0.1, 0.15) is 0 Å². The first kappa shape index (κ1) is 12.2. The quantitative estimate of drug-likeness (QED) is 0.281. The van der Waals surface area contributed by atoms with Gasteiger partial charge in [0.25, 0.3) is 0 Å². The number of hydrogen-bond donors (Lipinski definition) is 0. The van der Waals surface area contributed by atoms with Crippen LogP contribution in [0.15, 0.2) is 0 Å². The van der Waals surface area contributed by atoms with Gasteiger partial charge in [-0.25, -0.2) is 0 Å². The molecule has 0 amide bonds. The van der Waals surface area contributed by atoms with Gasteiger partial charge in [-0.1, -0.05) is 19.8 Å². The first-order chi connectivity index (χ1) is 4.41. The van der Waals surface area contributed by atoms with Gasteiger partial charge >= 0.3 is 27.0 Å². The Kier molecular flexibility index (Phi) is 21.4. The van der Waals surface area contributed by atoms with Crippen molar-refractivity contribution in [3.8, 4) is 5.92 Å². The van der Waals surface area contributed by atoms with Gasteiger partial charge in [-0.3, -0.25) is 0 Å². The SMILES string of the molecule is [C-]#CCCCCC.[Cl][Zn+]. The van der Waals surface area contributed by atoms with Crippen LogP contribution in [0.25, 0.3) is 0 Å². The summed E-state index contributed by atoms with van der Waals surface area (Å²) < 4.78 is 0. The van der Waals surface area contributed by atoms with Crippen molar-refractivity contribution in [1.29, 1.82) is 0 Å². The van der Waals surface area contributed by atoms with Crippen LogP contribution in [0.1, 0.15) is 32.6 Å². The standard InChI is InChI=1S/C7H11.ClH.Zn/c1-3-5-7-6-4-2;;/h3,5-7H2,1H3;1H;/q-1;;+2/p-1. The van der Waals surface area contributed by atoms with Crippen LogP contribution in [0.5, 0.6) is 0 Å². The van der Waals surface area contributed by atoms with Crippen molar-refractivity contribution in [1.82, 2.24) is 0 Å². The van der Waals surface area contributed by atoms with Gasteiger partial charge in [-0.05, 0) is 12.8 Å². The van der Waals surface area contributed by atoms with Crippen LogP contribution in [0.3, 0.4) is 0 Å². The van der Waals surface area contributed by atoms with E-state index in [0.29, 0.717) is 0 Å². The van der Waals surface area contributed by atoms with E-state index in [1.54, 1.807) is 0 Å². The Morgan fingerprint density at radius 3 is 2.33 bits per heavy atom. The molecule has 0 radical (unpaired) electrons. The van der Waals surface area contributed by atoms with E-state index in [1.807, 2.05) is 0 Å². The van der Waals surface area contributed by atoms with E-state index in [2.05, 4.69) is 12.8 Å². The molecule has 0 saturated heterocycles. The molecule has 0 aromatic rings. The second-order valence-electron chi connectivity index (χ2n) is 1.63. The third kappa shape index (κ3) is 17.7. The first-order valence-corrected chi connectivity index (χ1v) is 6.98. The molecule has 0 spiro atoms. The molecule has 0 aliphatic carbocycles. The number of hydrogen-bond acceptors (Lipinski definition) is 0. The Bertz CT molecular complexity index is 65.8. The number of halogens is 1. The predicted octanol–water partition coefficient (Wildman–Crippen LogP) is 2.84. The molecule has 0 heterocycles. The monoisotopic (exact) mass is 194 g/mol. The minimum atomic E-state index is 0.841. The van der Waals surface area contributed by atoms with Crippen molar-refractivity contribution in [2.45, 2.75) is 32.6 Å². The molecule has 2 heteroatoms. The molecule has 0 nitrogen and oxygen atoms in total. The summed E-state index contributed by atoms with van der Waals surface area (Å²) in [7, 11) is 4.76. The molecule has 0 unspecified atom stereocenters. The fraction of sp³-hybridized carbons (Fsp3) is 0.714. The summed E-state index contributed by atoms with van der Waals surface area (Å²) in [5, 5.41) is 0. The van der Waals surface area contributed by atoms with Gasteiger partial charge < -0.3 is 12.3 Å². The van der Waals surface area contributed by atoms with Gasteiger partial charge in [-0.2, -0.15) is 0 Å². The molecule has 0 saturated carbocycles. The predicted molar refractivity (Wildman–Crippen MR) is 37.1 cm³/mol. The summed E-state index contributed by atoms with van der Waals surface area (Å²) in [6.07, 6.45) is 11.0.